The fourth-order valence-electron chi connectivity index (χ4n) is 1.84. The second kappa shape index (κ2) is 5.58. The highest BCUT2D eigenvalue weighted by atomic mass is 32.1. The van der Waals surface area contributed by atoms with Crippen LogP contribution in [0.5, 0.6) is 0 Å². The van der Waals surface area contributed by atoms with Crippen molar-refractivity contribution in [3.05, 3.63) is 17.3 Å². The number of aryl methyl sites for hydroxylation is 1. The molecule has 0 atom stereocenters. The zero-order valence-corrected chi connectivity index (χ0v) is 12.1. The second-order valence-corrected chi connectivity index (χ2v) is 5.49. The first kappa shape index (κ1) is 13.2. The minimum absolute atomic E-state index is 0.543. The summed E-state index contributed by atoms with van der Waals surface area (Å²) in [6.45, 7) is 5.86. The Balaban J connectivity index is 2.35. The van der Waals surface area contributed by atoms with Crippen molar-refractivity contribution in [2.75, 3.05) is 18.0 Å². The van der Waals surface area contributed by atoms with E-state index in [-0.39, 0.29) is 0 Å². The van der Waals surface area contributed by atoms with E-state index in [1.807, 2.05) is 0 Å². The number of thiocarbonyl (C=S) groups is 1. The molecule has 0 saturated heterocycles. The van der Waals surface area contributed by atoms with Crippen LogP contribution in [0.3, 0.4) is 0 Å². The lowest BCUT2D eigenvalue weighted by atomic mass is 10.3. The fourth-order valence-corrected chi connectivity index (χ4v) is 2.95. The van der Waals surface area contributed by atoms with Crippen molar-refractivity contribution in [2.24, 2.45) is 5.73 Å². The van der Waals surface area contributed by atoms with Crippen LogP contribution in [-0.4, -0.2) is 28.0 Å². The van der Waals surface area contributed by atoms with Crippen molar-refractivity contribution in [3.63, 3.8) is 0 Å². The van der Waals surface area contributed by atoms with E-state index >= 15 is 0 Å². The molecule has 96 valence electrons. The predicted octanol–water partition coefficient (Wildman–Crippen LogP) is 2.50. The van der Waals surface area contributed by atoms with Gasteiger partial charge in [0, 0.05) is 19.5 Å². The Morgan fingerprint density at radius 2 is 2.28 bits per heavy atom. The smallest absolute Gasteiger partial charge is 0.150 e. The van der Waals surface area contributed by atoms with Gasteiger partial charge in [-0.2, -0.15) is 0 Å². The molecular weight excluding hydrogens is 264 g/mol. The minimum Gasteiger partial charge on any atom is -0.393 e. The Bertz CT molecular complexity index is 564. The Labute approximate surface area is 116 Å². The molecule has 0 spiro atoms. The van der Waals surface area contributed by atoms with Gasteiger partial charge in [0.05, 0.1) is 15.2 Å². The third-order valence-corrected chi connectivity index (χ3v) is 4.11. The summed E-state index contributed by atoms with van der Waals surface area (Å²) in [7, 11) is 0. The van der Waals surface area contributed by atoms with E-state index < -0.39 is 0 Å². The van der Waals surface area contributed by atoms with Gasteiger partial charge in [-0.15, -0.1) is 11.3 Å². The van der Waals surface area contributed by atoms with Crippen LogP contribution in [-0.2, 0) is 0 Å². The molecule has 0 amide bonds. The van der Waals surface area contributed by atoms with E-state index in [0.717, 1.165) is 29.1 Å². The van der Waals surface area contributed by atoms with Crippen molar-refractivity contribution >= 4 is 44.6 Å². The summed E-state index contributed by atoms with van der Waals surface area (Å²) in [5.74, 6) is 0.983. The Kier molecular flexibility index (Phi) is 4.08. The normalized spacial score (nSPS) is 10.8. The number of hydrogen-bond acceptors (Lipinski definition) is 5. The molecule has 0 aliphatic carbocycles. The van der Waals surface area contributed by atoms with E-state index in [0.29, 0.717) is 11.4 Å². The maximum absolute atomic E-state index is 5.56. The molecule has 0 radical (unpaired) electrons. The first-order chi connectivity index (χ1) is 8.63. The molecule has 2 N–H and O–H groups in total. The van der Waals surface area contributed by atoms with Crippen molar-refractivity contribution in [1.82, 2.24) is 9.97 Å². The van der Waals surface area contributed by atoms with Crippen molar-refractivity contribution in [1.29, 1.82) is 0 Å². The second-order valence-electron chi connectivity index (χ2n) is 4.09. The highest BCUT2D eigenvalue weighted by Crippen LogP contribution is 2.30. The summed E-state index contributed by atoms with van der Waals surface area (Å²) < 4.78 is 1.14. The van der Waals surface area contributed by atoms with E-state index in [9.17, 15) is 0 Å². The Morgan fingerprint density at radius 1 is 1.50 bits per heavy atom. The monoisotopic (exact) mass is 280 g/mol. The first-order valence-corrected chi connectivity index (χ1v) is 7.14. The summed E-state index contributed by atoms with van der Waals surface area (Å²) in [5.41, 5.74) is 7.80. The quantitative estimate of drug-likeness (QED) is 0.853. The van der Waals surface area contributed by atoms with Gasteiger partial charge in [0.25, 0.3) is 0 Å². The first-order valence-electron chi connectivity index (χ1n) is 5.85. The van der Waals surface area contributed by atoms with Gasteiger partial charge >= 0.3 is 0 Å². The minimum atomic E-state index is 0.543. The number of anilines is 1. The lowest BCUT2D eigenvalue weighted by Gasteiger charge is -2.21. The third-order valence-electron chi connectivity index (χ3n) is 2.82. The zero-order chi connectivity index (χ0) is 13.1. The summed E-state index contributed by atoms with van der Waals surface area (Å²) in [6, 6.07) is 0. The molecule has 4 nitrogen and oxygen atoms in total. The van der Waals surface area contributed by atoms with Gasteiger partial charge < -0.3 is 10.6 Å². The van der Waals surface area contributed by atoms with Crippen molar-refractivity contribution in [2.45, 2.75) is 20.3 Å². The molecule has 2 aromatic rings. The summed E-state index contributed by atoms with van der Waals surface area (Å²) in [5, 5.41) is 2.12. The molecule has 0 aliphatic heterocycles. The van der Waals surface area contributed by atoms with Crippen LogP contribution in [0.4, 0.5) is 5.82 Å². The van der Waals surface area contributed by atoms with Gasteiger partial charge in [0.2, 0.25) is 0 Å². The average molecular weight is 280 g/mol. The van der Waals surface area contributed by atoms with Gasteiger partial charge in [0.15, 0.2) is 0 Å². The molecule has 0 saturated carbocycles. The maximum atomic E-state index is 5.56. The number of hydrogen-bond donors (Lipinski definition) is 1. The van der Waals surface area contributed by atoms with Gasteiger partial charge in [-0.3, -0.25) is 0 Å². The summed E-state index contributed by atoms with van der Waals surface area (Å²) in [6.07, 6.45) is 2.33. The van der Waals surface area contributed by atoms with E-state index in [1.165, 1.54) is 5.56 Å². The molecule has 2 aromatic heterocycles. The summed E-state index contributed by atoms with van der Waals surface area (Å²) in [4.78, 5) is 11.5. The highest BCUT2D eigenvalue weighted by molar-refractivity contribution is 7.80. The average Bonchev–Trinajstić information content (AvgIpc) is 2.73. The number of nitrogens with zero attached hydrogens (tertiary/aromatic N) is 3. The Hall–Kier alpha value is -1.27. The van der Waals surface area contributed by atoms with E-state index in [2.05, 4.69) is 34.1 Å². The standard InChI is InChI=1S/C12H16N4S2/c1-3-16(5-4-9(13)17)12-11-10(14-7-15-12)8(2)6-18-11/h6-7H,3-5H2,1-2H3,(H2,13,17). The maximum Gasteiger partial charge on any atom is 0.150 e. The van der Waals surface area contributed by atoms with Gasteiger partial charge in [0.1, 0.15) is 12.1 Å². The molecule has 18 heavy (non-hydrogen) atoms. The van der Waals surface area contributed by atoms with Crippen LogP contribution < -0.4 is 10.6 Å². The van der Waals surface area contributed by atoms with Gasteiger partial charge in [-0.1, -0.05) is 12.2 Å². The largest absolute Gasteiger partial charge is 0.393 e. The molecule has 0 fully saturated rings. The van der Waals surface area contributed by atoms with E-state index in [1.54, 1.807) is 17.7 Å². The van der Waals surface area contributed by atoms with Crippen molar-refractivity contribution < 1.29 is 0 Å². The topological polar surface area (TPSA) is 55.0 Å². The molecule has 0 aromatic carbocycles. The van der Waals surface area contributed by atoms with Crippen LogP contribution in [0.1, 0.15) is 18.9 Å². The Morgan fingerprint density at radius 3 is 2.94 bits per heavy atom. The summed E-state index contributed by atoms with van der Waals surface area (Å²) >= 11 is 6.62. The molecule has 2 rings (SSSR count). The number of thiophene rings is 1. The highest BCUT2D eigenvalue weighted by Gasteiger charge is 2.13. The van der Waals surface area contributed by atoms with Gasteiger partial charge in [-0.25, -0.2) is 9.97 Å². The SMILES string of the molecule is CCN(CCC(N)=S)c1ncnc2c(C)csc12. The lowest BCUT2D eigenvalue weighted by molar-refractivity contribution is 0.823. The van der Waals surface area contributed by atoms with Crippen molar-refractivity contribution in [3.8, 4) is 0 Å². The van der Waals surface area contributed by atoms with E-state index in [4.69, 9.17) is 18.0 Å². The van der Waals surface area contributed by atoms with Crippen LogP contribution >= 0.6 is 23.6 Å². The number of rotatable bonds is 5. The van der Waals surface area contributed by atoms with Crippen LogP contribution in [0.2, 0.25) is 0 Å². The molecule has 0 aliphatic rings. The number of nitrogens with two attached hydrogens (primary N) is 1. The van der Waals surface area contributed by atoms with Crippen LogP contribution in [0.15, 0.2) is 11.7 Å². The number of aromatic nitrogens is 2. The molecule has 2 heterocycles. The number of fused-ring (bicyclic) bond motifs is 1. The molecule has 6 heteroatoms. The lowest BCUT2D eigenvalue weighted by Crippen LogP contribution is -2.28. The zero-order valence-electron chi connectivity index (χ0n) is 10.5. The predicted molar refractivity (Wildman–Crippen MR) is 81.4 cm³/mol. The molecule has 0 unspecified atom stereocenters. The van der Waals surface area contributed by atoms with Gasteiger partial charge in [-0.05, 0) is 24.8 Å². The van der Waals surface area contributed by atoms with Crippen LogP contribution in [0.25, 0.3) is 10.2 Å². The molecular formula is C12H16N4S2. The van der Waals surface area contributed by atoms with Crippen LogP contribution in [0, 0.1) is 6.92 Å². The fraction of sp³-hybridized carbons (Fsp3) is 0.417. The third kappa shape index (κ3) is 2.59. The molecule has 0 bridgehead atoms.